The fourth-order valence-electron chi connectivity index (χ4n) is 1.48. The summed E-state index contributed by atoms with van der Waals surface area (Å²) in [5.41, 5.74) is 0.0643. The number of carboxylic acid groups (broad SMARTS) is 1. The maximum absolute atomic E-state index is 12.9. The van der Waals surface area contributed by atoms with E-state index < -0.39 is 36.2 Å². The van der Waals surface area contributed by atoms with Crippen LogP contribution in [0, 0.1) is 5.82 Å². The van der Waals surface area contributed by atoms with Crippen LogP contribution in [0.5, 0.6) is 0 Å². The van der Waals surface area contributed by atoms with E-state index in [1.54, 1.807) is 0 Å². The molecule has 0 bridgehead atoms. The zero-order valence-corrected chi connectivity index (χ0v) is 11.3. The van der Waals surface area contributed by atoms with Crippen molar-refractivity contribution in [1.29, 1.82) is 0 Å². The lowest BCUT2D eigenvalue weighted by Crippen LogP contribution is -2.47. The number of carbonyl (C=O) groups is 3. The molecular weight excluding hydrogens is 283 g/mol. The van der Waals surface area contributed by atoms with Crippen LogP contribution >= 0.6 is 0 Å². The minimum atomic E-state index is -1.25. The monoisotopic (exact) mass is 298 g/mol. The van der Waals surface area contributed by atoms with Crippen molar-refractivity contribution in [3.05, 3.63) is 35.6 Å². The van der Waals surface area contributed by atoms with Crippen LogP contribution in [0.4, 0.5) is 4.39 Å². The molecule has 0 saturated carbocycles. The second-order valence-corrected chi connectivity index (χ2v) is 4.11. The first-order valence-corrected chi connectivity index (χ1v) is 5.99. The van der Waals surface area contributed by atoms with E-state index in [0.717, 1.165) is 6.07 Å². The van der Waals surface area contributed by atoms with Crippen molar-refractivity contribution in [3.8, 4) is 0 Å². The van der Waals surface area contributed by atoms with Gasteiger partial charge in [-0.05, 0) is 18.2 Å². The molecule has 21 heavy (non-hydrogen) atoms. The Morgan fingerprint density at radius 3 is 2.67 bits per heavy atom. The first-order chi connectivity index (χ1) is 9.93. The Balaban J connectivity index is 2.49. The molecular formula is C13H15FN2O5. The Bertz CT molecular complexity index is 535. The van der Waals surface area contributed by atoms with Crippen LogP contribution in [0.1, 0.15) is 10.4 Å². The van der Waals surface area contributed by atoms with Gasteiger partial charge in [0.2, 0.25) is 5.91 Å². The molecule has 0 aliphatic heterocycles. The number of carbonyl (C=O) groups excluding carboxylic acids is 2. The van der Waals surface area contributed by atoms with Crippen LogP contribution in [0.3, 0.4) is 0 Å². The number of methoxy groups -OCH3 is 1. The van der Waals surface area contributed by atoms with Gasteiger partial charge >= 0.3 is 5.97 Å². The van der Waals surface area contributed by atoms with Crippen molar-refractivity contribution in [2.45, 2.75) is 6.04 Å². The molecule has 3 N–H and O–H groups in total. The second kappa shape index (κ2) is 7.95. The van der Waals surface area contributed by atoms with E-state index in [-0.39, 0.29) is 12.2 Å². The number of ether oxygens (including phenoxy) is 1. The smallest absolute Gasteiger partial charge is 0.328 e. The molecule has 8 heteroatoms. The number of carboxylic acids is 1. The highest BCUT2D eigenvalue weighted by molar-refractivity contribution is 5.96. The molecule has 0 aromatic heterocycles. The second-order valence-electron chi connectivity index (χ2n) is 4.11. The molecule has 7 nitrogen and oxygen atoms in total. The molecule has 0 heterocycles. The van der Waals surface area contributed by atoms with E-state index >= 15 is 0 Å². The maximum atomic E-state index is 12.9. The van der Waals surface area contributed by atoms with Crippen molar-refractivity contribution in [2.75, 3.05) is 20.3 Å². The molecule has 0 fully saturated rings. The first-order valence-electron chi connectivity index (χ1n) is 5.99. The van der Waals surface area contributed by atoms with Crippen LogP contribution in [-0.4, -0.2) is 49.2 Å². The number of benzene rings is 1. The van der Waals surface area contributed by atoms with Gasteiger partial charge in [0.05, 0.1) is 13.2 Å². The Hall–Kier alpha value is -2.48. The van der Waals surface area contributed by atoms with Crippen molar-refractivity contribution >= 4 is 17.8 Å². The minimum absolute atomic E-state index is 0.0643. The average Bonchev–Trinajstić information content (AvgIpc) is 2.44. The molecule has 1 aromatic rings. The molecule has 114 valence electrons. The van der Waals surface area contributed by atoms with E-state index in [9.17, 15) is 18.8 Å². The summed E-state index contributed by atoms with van der Waals surface area (Å²) in [6.07, 6.45) is 0. The van der Waals surface area contributed by atoms with Gasteiger partial charge < -0.3 is 20.5 Å². The number of aliphatic carboxylic acids is 1. The van der Waals surface area contributed by atoms with Gasteiger partial charge in [-0.1, -0.05) is 6.07 Å². The number of nitrogens with one attached hydrogen (secondary N) is 2. The summed E-state index contributed by atoms with van der Waals surface area (Å²) in [6.45, 7) is -0.623. The summed E-state index contributed by atoms with van der Waals surface area (Å²) in [5, 5.41) is 13.3. The lowest BCUT2D eigenvalue weighted by Gasteiger charge is -2.13. The Labute approximate surface area is 120 Å². The summed E-state index contributed by atoms with van der Waals surface area (Å²) >= 11 is 0. The van der Waals surface area contributed by atoms with Gasteiger partial charge in [0.1, 0.15) is 5.82 Å². The normalized spacial score (nSPS) is 11.5. The van der Waals surface area contributed by atoms with Gasteiger partial charge in [-0.15, -0.1) is 0 Å². The predicted molar refractivity (Wildman–Crippen MR) is 70.2 cm³/mol. The van der Waals surface area contributed by atoms with Gasteiger partial charge in [-0.2, -0.15) is 0 Å². The SMILES string of the molecule is COCC(NC(=O)CNC(=O)c1cccc(F)c1)C(=O)O. The van der Waals surface area contributed by atoms with Crippen LogP contribution in [0.25, 0.3) is 0 Å². The van der Waals surface area contributed by atoms with Crippen molar-refractivity contribution in [1.82, 2.24) is 10.6 Å². The number of amides is 2. The molecule has 0 saturated heterocycles. The van der Waals surface area contributed by atoms with E-state index in [2.05, 4.69) is 15.4 Å². The zero-order valence-electron chi connectivity index (χ0n) is 11.3. The van der Waals surface area contributed by atoms with E-state index in [4.69, 9.17) is 5.11 Å². The van der Waals surface area contributed by atoms with Gasteiger partial charge in [-0.25, -0.2) is 9.18 Å². The molecule has 0 aliphatic carbocycles. The van der Waals surface area contributed by atoms with Gasteiger partial charge in [0, 0.05) is 12.7 Å². The van der Waals surface area contributed by atoms with Crippen LogP contribution in [0.2, 0.25) is 0 Å². The third-order valence-corrected chi connectivity index (χ3v) is 2.46. The number of rotatable bonds is 7. The summed E-state index contributed by atoms with van der Waals surface area (Å²) in [6, 6.07) is 3.77. The molecule has 1 atom stereocenters. The summed E-state index contributed by atoms with van der Waals surface area (Å²) < 4.78 is 17.6. The maximum Gasteiger partial charge on any atom is 0.328 e. The fourth-order valence-corrected chi connectivity index (χ4v) is 1.48. The summed E-state index contributed by atoms with van der Waals surface area (Å²) in [4.78, 5) is 34.0. The molecule has 0 spiro atoms. The summed E-state index contributed by atoms with van der Waals surface area (Å²) in [5.74, 6) is -3.15. The lowest BCUT2D eigenvalue weighted by molar-refractivity contribution is -0.143. The molecule has 1 unspecified atom stereocenters. The van der Waals surface area contributed by atoms with E-state index in [0.29, 0.717) is 0 Å². The third kappa shape index (κ3) is 5.57. The van der Waals surface area contributed by atoms with Gasteiger partial charge in [0.15, 0.2) is 6.04 Å². The summed E-state index contributed by atoms with van der Waals surface area (Å²) in [7, 11) is 1.30. The molecule has 0 radical (unpaired) electrons. The highest BCUT2D eigenvalue weighted by atomic mass is 19.1. The van der Waals surface area contributed by atoms with E-state index in [1.807, 2.05) is 0 Å². The lowest BCUT2D eigenvalue weighted by atomic mass is 10.2. The van der Waals surface area contributed by atoms with Crippen molar-refractivity contribution in [2.24, 2.45) is 0 Å². The Morgan fingerprint density at radius 1 is 1.38 bits per heavy atom. The quantitative estimate of drug-likeness (QED) is 0.645. The van der Waals surface area contributed by atoms with Gasteiger partial charge in [-0.3, -0.25) is 9.59 Å². The molecule has 1 rings (SSSR count). The topological polar surface area (TPSA) is 105 Å². The standard InChI is InChI=1S/C13H15FN2O5/c1-21-7-10(13(19)20)16-11(17)6-15-12(18)8-3-2-4-9(14)5-8/h2-5,10H,6-7H2,1H3,(H,15,18)(H,16,17)(H,19,20). The van der Waals surface area contributed by atoms with Crippen LogP contribution in [-0.2, 0) is 14.3 Å². The highest BCUT2D eigenvalue weighted by Crippen LogP contribution is 2.02. The zero-order chi connectivity index (χ0) is 15.8. The largest absolute Gasteiger partial charge is 0.480 e. The minimum Gasteiger partial charge on any atom is -0.480 e. The van der Waals surface area contributed by atoms with Crippen LogP contribution in [0.15, 0.2) is 24.3 Å². The molecule has 1 aromatic carbocycles. The fraction of sp³-hybridized carbons (Fsp3) is 0.308. The highest BCUT2D eigenvalue weighted by Gasteiger charge is 2.19. The van der Waals surface area contributed by atoms with E-state index in [1.165, 1.54) is 25.3 Å². The Kier molecular flexibility index (Phi) is 6.28. The van der Waals surface area contributed by atoms with Crippen molar-refractivity contribution in [3.63, 3.8) is 0 Å². The molecule has 2 amide bonds. The third-order valence-electron chi connectivity index (χ3n) is 2.46. The predicted octanol–water partition coefficient (Wildman–Crippen LogP) is -0.229. The van der Waals surface area contributed by atoms with Gasteiger partial charge in [0.25, 0.3) is 5.91 Å². The Morgan fingerprint density at radius 2 is 2.10 bits per heavy atom. The van der Waals surface area contributed by atoms with Crippen LogP contribution < -0.4 is 10.6 Å². The number of hydrogen-bond donors (Lipinski definition) is 3. The number of halogens is 1. The average molecular weight is 298 g/mol. The van der Waals surface area contributed by atoms with Crippen molar-refractivity contribution < 1.29 is 28.6 Å². The molecule has 0 aliphatic rings. The first kappa shape index (κ1) is 16.6. The number of hydrogen-bond acceptors (Lipinski definition) is 4.